The van der Waals surface area contributed by atoms with E-state index in [2.05, 4.69) is 32.1 Å². The Morgan fingerprint density at radius 2 is 1.48 bits per heavy atom. The van der Waals surface area contributed by atoms with Crippen LogP contribution in [0.15, 0.2) is 53.0 Å². The Hall–Kier alpha value is -2.67. The number of carbonyl (C=O) groups excluding carboxylic acids is 3. The zero-order chi connectivity index (χ0) is 16.8. The van der Waals surface area contributed by atoms with Crippen molar-refractivity contribution in [3.8, 4) is 0 Å². The quantitative estimate of drug-likeness (QED) is 0.720. The number of nitrogens with one attached hydrogen (secondary N) is 3. The molecule has 0 heterocycles. The predicted molar refractivity (Wildman–Crippen MR) is 89.8 cm³/mol. The van der Waals surface area contributed by atoms with Crippen LogP contribution < -0.4 is 16.2 Å². The summed E-state index contributed by atoms with van der Waals surface area (Å²) in [5, 5.41) is 2.60. The summed E-state index contributed by atoms with van der Waals surface area (Å²) in [6, 6.07) is 13.1. The highest BCUT2D eigenvalue weighted by atomic mass is 79.9. The molecule has 0 bridgehead atoms. The Balaban J connectivity index is 1.94. The molecular formula is C16H14BrN3O3. The van der Waals surface area contributed by atoms with Crippen LogP contribution in [0.1, 0.15) is 27.6 Å². The van der Waals surface area contributed by atoms with E-state index in [0.29, 0.717) is 16.8 Å². The summed E-state index contributed by atoms with van der Waals surface area (Å²) >= 11 is 3.27. The molecule has 0 aromatic heterocycles. The van der Waals surface area contributed by atoms with Crippen LogP contribution in [0.25, 0.3) is 0 Å². The van der Waals surface area contributed by atoms with Crippen LogP contribution in [-0.4, -0.2) is 17.7 Å². The second-order valence-electron chi connectivity index (χ2n) is 4.68. The van der Waals surface area contributed by atoms with Gasteiger partial charge < -0.3 is 5.32 Å². The van der Waals surface area contributed by atoms with E-state index in [1.807, 2.05) is 0 Å². The van der Waals surface area contributed by atoms with Crippen LogP contribution in [0.4, 0.5) is 5.69 Å². The lowest BCUT2D eigenvalue weighted by Crippen LogP contribution is -2.41. The maximum Gasteiger partial charge on any atom is 0.269 e. The second-order valence-corrected chi connectivity index (χ2v) is 5.59. The zero-order valence-corrected chi connectivity index (χ0v) is 13.8. The number of halogens is 1. The number of hydrazine groups is 1. The minimum absolute atomic E-state index is 0.191. The molecule has 6 nitrogen and oxygen atoms in total. The van der Waals surface area contributed by atoms with Crippen LogP contribution in [0, 0.1) is 0 Å². The first kappa shape index (κ1) is 16.7. The maximum atomic E-state index is 12.0. The predicted octanol–water partition coefficient (Wildman–Crippen LogP) is 2.48. The average molecular weight is 376 g/mol. The Kier molecular flexibility index (Phi) is 5.48. The van der Waals surface area contributed by atoms with Gasteiger partial charge in [0.1, 0.15) is 0 Å². The zero-order valence-electron chi connectivity index (χ0n) is 12.2. The van der Waals surface area contributed by atoms with E-state index >= 15 is 0 Å². The van der Waals surface area contributed by atoms with Gasteiger partial charge in [-0.25, -0.2) is 0 Å². The molecule has 2 aromatic carbocycles. The molecule has 3 N–H and O–H groups in total. The summed E-state index contributed by atoms with van der Waals surface area (Å²) in [4.78, 5) is 34.8. The monoisotopic (exact) mass is 375 g/mol. The van der Waals surface area contributed by atoms with Crippen molar-refractivity contribution in [2.24, 2.45) is 0 Å². The normalized spacial score (nSPS) is 9.83. The van der Waals surface area contributed by atoms with Crippen LogP contribution in [-0.2, 0) is 4.79 Å². The molecule has 7 heteroatoms. The maximum absolute atomic E-state index is 12.0. The minimum Gasteiger partial charge on any atom is -0.326 e. The van der Waals surface area contributed by atoms with Gasteiger partial charge in [0.15, 0.2) is 0 Å². The first-order valence-corrected chi connectivity index (χ1v) is 7.49. The molecule has 0 unspecified atom stereocenters. The summed E-state index contributed by atoms with van der Waals surface area (Å²) in [6.45, 7) is 1.40. The van der Waals surface area contributed by atoms with E-state index in [9.17, 15) is 14.4 Å². The Morgan fingerprint density at radius 3 is 2.04 bits per heavy atom. The molecule has 0 aliphatic carbocycles. The molecule has 0 fully saturated rings. The first-order chi connectivity index (χ1) is 11.0. The molecule has 2 aromatic rings. The molecule has 0 radical (unpaired) electrons. The summed E-state index contributed by atoms with van der Waals surface area (Å²) in [5.41, 5.74) is 6.04. The minimum atomic E-state index is -0.456. The molecule has 23 heavy (non-hydrogen) atoms. The SMILES string of the molecule is CC(=O)Nc1ccc(C(=O)NNC(=O)c2cccc(Br)c2)cc1. The molecule has 0 aliphatic heterocycles. The fraction of sp³-hybridized carbons (Fsp3) is 0.0625. The number of anilines is 1. The number of hydrogen-bond acceptors (Lipinski definition) is 3. The van der Waals surface area contributed by atoms with Crippen molar-refractivity contribution in [1.82, 2.24) is 10.9 Å². The Morgan fingerprint density at radius 1 is 0.870 bits per heavy atom. The third-order valence-electron chi connectivity index (χ3n) is 2.84. The fourth-order valence-electron chi connectivity index (χ4n) is 1.80. The molecule has 2 rings (SSSR count). The van der Waals surface area contributed by atoms with Crippen LogP contribution in [0.2, 0.25) is 0 Å². The highest BCUT2D eigenvalue weighted by Gasteiger charge is 2.09. The topological polar surface area (TPSA) is 87.3 Å². The van der Waals surface area contributed by atoms with Crippen molar-refractivity contribution in [3.05, 3.63) is 64.1 Å². The van der Waals surface area contributed by atoms with E-state index in [1.54, 1.807) is 48.5 Å². The third kappa shape index (κ3) is 4.93. The van der Waals surface area contributed by atoms with Crippen LogP contribution >= 0.6 is 15.9 Å². The summed E-state index contributed by atoms with van der Waals surface area (Å²) < 4.78 is 0.769. The summed E-state index contributed by atoms with van der Waals surface area (Å²) in [6.07, 6.45) is 0. The molecular weight excluding hydrogens is 362 g/mol. The van der Waals surface area contributed by atoms with Gasteiger partial charge in [-0.3, -0.25) is 25.2 Å². The number of amides is 3. The van der Waals surface area contributed by atoms with Gasteiger partial charge in [0, 0.05) is 28.2 Å². The number of rotatable bonds is 3. The van der Waals surface area contributed by atoms with Crippen LogP contribution in [0.5, 0.6) is 0 Å². The average Bonchev–Trinajstić information content (AvgIpc) is 2.52. The molecule has 3 amide bonds. The van der Waals surface area contributed by atoms with Gasteiger partial charge in [0.2, 0.25) is 5.91 Å². The summed E-state index contributed by atoms with van der Waals surface area (Å²) in [7, 11) is 0. The van der Waals surface area contributed by atoms with Crippen LogP contribution in [0.3, 0.4) is 0 Å². The van der Waals surface area contributed by atoms with E-state index in [1.165, 1.54) is 6.92 Å². The van der Waals surface area contributed by atoms with Crippen molar-refractivity contribution in [2.45, 2.75) is 6.92 Å². The van der Waals surface area contributed by atoms with E-state index < -0.39 is 11.8 Å². The van der Waals surface area contributed by atoms with Gasteiger partial charge in [-0.15, -0.1) is 0 Å². The summed E-state index contributed by atoms with van der Waals surface area (Å²) in [5.74, 6) is -1.07. The third-order valence-corrected chi connectivity index (χ3v) is 3.34. The van der Waals surface area contributed by atoms with E-state index in [4.69, 9.17) is 0 Å². The number of carbonyl (C=O) groups is 3. The van der Waals surface area contributed by atoms with Crippen molar-refractivity contribution in [1.29, 1.82) is 0 Å². The highest BCUT2D eigenvalue weighted by Crippen LogP contribution is 2.11. The smallest absolute Gasteiger partial charge is 0.269 e. The molecule has 0 aliphatic rings. The lowest BCUT2D eigenvalue weighted by molar-refractivity contribution is -0.114. The Bertz CT molecular complexity index is 744. The molecule has 0 saturated heterocycles. The largest absolute Gasteiger partial charge is 0.326 e. The van der Waals surface area contributed by atoms with Gasteiger partial charge in [-0.1, -0.05) is 22.0 Å². The van der Waals surface area contributed by atoms with Gasteiger partial charge in [-0.2, -0.15) is 0 Å². The second kappa shape index (κ2) is 7.55. The van der Waals surface area contributed by atoms with Gasteiger partial charge >= 0.3 is 0 Å². The molecule has 118 valence electrons. The lowest BCUT2D eigenvalue weighted by Gasteiger charge is -2.08. The molecule has 0 saturated carbocycles. The standard InChI is InChI=1S/C16H14BrN3O3/c1-10(21)18-14-7-5-11(6-8-14)15(22)19-20-16(23)12-3-2-4-13(17)9-12/h2-9H,1H3,(H,18,21)(H,19,22)(H,20,23). The lowest BCUT2D eigenvalue weighted by atomic mass is 10.2. The Labute approximate surface area is 141 Å². The number of benzene rings is 2. The fourth-order valence-corrected chi connectivity index (χ4v) is 2.20. The van der Waals surface area contributed by atoms with Gasteiger partial charge in [0.05, 0.1) is 0 Å². The molecule has 0 spiro atoms. The highest BCUT2D eigenvalue weighted by molar-refractivity contribution is 9.10. The van der Waals surface area contributed by atoms with E-state index in [-0.39, 0.29) is 5.91 Å². The van der Waals surface area contributed by atoms with Crippen molar-refractivity contribution >= 4 is 39.3 Å². The molecule has 0 atom stereocenters. The first-order valence-electron chi connectivity index (χ1n) is 6.69. The van der Waals surface area contributed by atoms with Crippen molar-refractivity contribution in [2.75, 3.05) is 5.32 Å². The van der Waals surface area contributed by atoms with E-state index in [0.717, 1.165) is 4.47 Å². The van der Waals surface area contributed by atoms with Crippen molar-refractivity contribution in [3.63, 3.8) is 0 Å². The van der Waals surface area contributed by atoms with Gasteiger partial charge in [0.25, 0.3) is 11.8 Å². The number of hydrogen-bond donors (Lipinski definition) is 3. The van der Waals surface area contributed by atoms with Crippen molar-refractivity contribution < 1.29 is 14.4 Å². The van der Waals surface area contributed by atoms with Gasteiger partial charge in [-0.05, 0) is 42.5 Å².